The largest absolute Gasteiger partial charge is 0.331 e. The number of H-pyrrole nitrogens is 2. The summed E-state index contributed by atoms with van der Waals surface area (Å²) in [7, 11) is 0. The van der Waals surface area contributed by atoms with Crippen LogP contribution in [0.25, 0.3) is 12.7 Å². The van der Waals surface area contributed by atoms with Gasteiger partial charge in [0.15, 0.2) is 4.77 Å². The molecule has 90 valence electrons. The van der Waals surface area contributed by atoms with Gasteiger partial charge in [0.25, 0.3) is 0 Å². The highest BCUT2D eigenvalue weighted by Crippen LogP contribution is 2.28. The normalized spacial score (nSPS) is 11.4. The maximum absolute atomic E-state index is 5.00. The molecule has 0 fully saturated rings. The van der Waals surface area contributed by atoms with Crippen LogP contribution in [-0.4, -0.2) is 23.4 Å². The van der Waals surface area contributed by atoms with Gasteiger partial charge in [-0.05, 0) is 49.4 Å². The third-order valence-electron chi connectivity index (χ3n) is 2.49. The van der Waals surface area contributed by atoms with E-state index in [1.807, 2.05) is 24.3 Å². The number of aliphatic imine (C=N–C) groups is 2. The molecule has 0 spiro atoms. The lowest BCUT2D eigenvalue weighted by Crippen LogP contribution is -2.22. The van der Waals surface area contributed by atoms with Gasteiger partial charge in [-0.15, -0.1) is 0 Å². The van der Waals surface area contributed by atoms with E-state index in [9.17, 15) is 0 Å². The fourth-order valence-corrected chi connectivity index (χ4v) is 1.85. The predicted molar refractivity (Wildman–Crippen MR) is 79.2 cm³/mol. The van der Waals surface area contributed by atoms with E-state index in [2.05, 4.69) is 40.0 Å². The number of hydrogen-bond acceptors (Lipinski definition) is 3. The van der Waals surface area contributed by atoms with Crippen LogP contribution in [0.4, 0.5) is 11.4 Å². The van der Waals surface area contributed by atoms with Crippen LogP contribution in [0, 0.1) is 4.77 Å². The summed E-state index contributed by atoms with van der Waals surface area (Å²) < 4.78 is 0.553. The fourth-order valence-electron chi connectivity index (χ4n) is 1.61. The zero-order chi connectivity index (χ0) is 13.1. The van der Waals surface area contributed by atoms with Gasteiger partial charge in [-0.25, -0.2) is 0 Å². The molecule has 1 aromatic carbocycles. The Morgan fingerprint density at radius 1 is 1.11 bits per heavy atom. The highest BCUT2D eigenvalue weighted by Gasteiger charge is 1.99. The molecule has 18 heavy (non-hydrogen) atoms. The number of benzene rings is 1. The lowest BCUT2D eigenvalue weighted by atomic mass is 10.1. The molecular formula is C13H12N4S. The van der Waals surface area contributed by atoms with Crippen LogP contribution in [0.3, 0.4) is 0 Å². The predicted octanol–water partition coefficient (Wildman–Crippen LogP) is 1.98. The highest BCUT2D eigenvalue weighted by molar-refractivity contribution is 7.71. The molecule has 0 bridgehead atoms. The standard InChI is InChI=1S/C13H12N4S/c1-8-11(17-13(18)16-8)6-9-4-5-10(14-2)12(7-9)15-3/h4-7H,1-3H2,(H2,16,17,18)/b11-6-. The van der Waals surface area contributed by atoms with Crippen LogP contribution in [0.1, 0.15) is 5.56 Å². The molecule has 2 rings (SSSR count). The van der Waals surface area contributed by atoms with Crippen LogP contribution in [0.5, 0.6) is 0 Å². The Bertz CT molecular complexity index is 767. The average Bonchev–Trinajstić information content (AvgIpc) is 2.67. The molecule has 0 aliphatic rings. The van der Waals surface area contributed by atoms with Crippen molar-refractivity contribution in [2.45, 2.75) is 0 Å². The zero-order valence-electron chi connectivity index (χ0n) is 9.73. The molecule has 0 radical (unpaired) electrons. The van der Waals surface area contributed by atoms with Crippen LogP contribution in [0.2, 0.25) is 0 Å². The molecule has 0 atom stereocenters. The summed E-state index contributed by atoms with van der Waals surface area (Å²) in [5.41, 5.74) is 2.36. The lowest BCUT2D eigenvalue weighted by Gasteiger charge is -2.00. The number of aromatic amines is 2. The minimum absolute atomic E-state index is 0.553. The van der Waals surface area contributed by atoms with Gasteiger partial charge < -0.3 is 9.97 Å². The first-order valence-corrected chi connectivity index (χ1v) is 5.61. The molecule has 0 amide bonds. The zero-order valence-corrected chi connectivity index (χ0v) is 10.5. The molecule has 0 aliphatic carbocycles. The van der Waals surface area contributed by atoms with E-state index in [1.165, 1.54) is 0 Å². The summed E-state index contributed by atoms with van der Waals surface area (Å²) >= 11 is 5.00. The molecule has 1 heterocycles. The Hall–Kier alpha value is -2.27. The average molecular weight is 256 g/mol. The van der Waals surface area contributed by atoms with Crippen LogP contribution >= 0.6 is 12.2 Å². The van der Waals surface area contributed by atoms with E-state index in [0.717, 1.165) is 16.3 Å². The van der Waals surface area contributed by atoms with Crippen molar-refractivity contribution >= 4 is 49.7 Å². The number of hydrogen-bond donors (Lipinski definition) is 2. The summed E-state index contributed by atoms with van der Waals surface area (Å²) in [5, 5.41) is 1.59. The van der Waals surface area contributed by atoms with E-state index in [1.54, 1.807) is 0 Å². The van der Waals surface area contributed by atoms with Gasteiger partial charge >= 0.3 is 0 Å². The van der Waals surface area contributed by atoms with Gasteiger partial charge in [0.1, 0.15) is 0 Å². The first kappa shape index (κ1) is 12.2. The molecule has 4 nitrogen and oxygen atoms in total. The maximum Gasteiger partial charge on any atom is 0.175 e. The number of imidazole rings is 1. The number of nitrogens with zero attached hydrogens (tertiary/aromatic N) is 2. The second kappa shape index (κ2) is 4.93. The van der Waals surface area contributed by atoms with Gasteiger partial charge in [-0.3, -0.25) is 9.98 Å². The first-order valence-electron chi connectivity index (χ1n) is 5.20. The van der Waals surface area contributed by atoms with Gasteiger partial charge in [0.2, 0.25) is 0 Å². The third kappa shape index (κ3) is 2.36. The van der Waals surface area contributed by atoms with Gasteiger partial charge in [0.05, 0.1) is 22.1 Å². The third-order valence-corrected chi connectivity index (χ3v) is 2.69. The van der Waals surface area contributed by atoms with Gasteiger partial charge in [-0.1, -0.05) is 12.6 Å². The van der Waals surface area contributed by atoms with Crippen molar-refractivity contribution in [3.63, 3.8) is 0 Å². The number of rotatable bonds is 3. The minimum Gasteiger partial charge on any atom is -0.331 e. The fraction of sp³-hybridized carbons (Fsp3) is 0. The molecule has 2 N–H and O–H groups in total. The minimum atomic E-state index is 0.553. The Morgan fingerprint density at radius 2 is 1.83 bits per heavy atom. The quantitative estimate of drug-likeness (QED) is 0.640. The van der Waals surface area contributed by atoms with Gasteiger partial charge in [0, 0.05) is 0 Å². The molecule has 0 saturated carbocycles. The molecule has 0 saturated heterocycles. The Labute approximate surface area is 109 Å². The van der Waals surface area contributed by atoms with Crippen molar-refractivity contribution in [2.24, 2.45) is 9.98 Å². The van der Waals surface area contributed by atoms with Crippen molar-refractivity contribution in [1.29, 1.82) is 0 Å². The molecule has 1 aromatic heterocycles. The van der Waals surface area contributed by atoms with Crippen LogP contribution < -0.4 is 10.7 Å². The summed E-state index contributed by atoms with van der Waals surface area (Å²) in [6.45, 7) is 10.9. The van der Waals surface area contributed by atoms with E-state index in [0.29, 0.717) is 16.1 Å². The Kier molecular flexibility index (Phi) is 3.34. The summed E-state index contributed by atoms with van der Waals surface area (Å²) in [4.78, 5) is 13.7. The van der Waals surface area contributed by atoms with Crippen LogP contribution in [-0.2, 0) is 0 Å². The smallest absolute Gasteiger partial charge is 0.175 e. The van der Waals surface area contributed by atoms with Crippen molar-refractivity contribution in [3.8, 4) is 0 Å². The van der Waals surface area contributed by atoms with Crippen molar-refractivity contribution in [2.75, 3.05) is 0 Å². The number of aromatic nitrogens is 2. The number of nitrogens with one attached hydrogen (secondary N) is 2. The summed E-state index contributed by atoms with van der Waals surface area (Å²) in [6, 6.07) is 5.63. The SMILES string of the molecule is C=Nc1ccc(/C=c2\[nH]c(=S)[nH]c2=C)cc1N=C. The Balaban J connectivity index is 2.60. The van der Waals surface area contributed by atoms with E-state index in [4.69, 9.17) is 12.2 Å². The van der Waals surface area contributed by atoms with Crippen LogP contribution in [0.15, 0.2) is 28.2 Å². The van der Waals surface area contributed by atoms with Crippen molar-refractivity contribution < 1.29 is 0 Å². The maximum atomic E-state index is 5.00. The topological polar surface area (TPSA) is 56.3 Å². The van der Waals surface area contributed by atoms with Crippen molar-refractivity contribution in [1.82, 2.24) is 9.97 Å². The van der Waals surface area contributed by atoms with E-state index in [-0.39, 0.29) is 0 Å². The Morgan fingerprint density at radius 3 is 2.39 bits per heavy atom. The monoisotopic (exact) mass is 256 g/mol. The second-order valence-electron chi connectivity index (χ2n) is 3.68. The highest BCUT2D eigenvalue weighted by atomic mass is 32.1. The molecule has 5 heteroatoms. The second-order valence-corrected chi connectivity index (χ2v) is 4.09. The summed E-state index contributed by atoms with van der Waals surface area (Å²) in [6.07, 6.45) is 1.93. The molecular weight excluding hydrogens is 244 g/mol. The van der Waals surface area contributed by atoms with E-state index >= 15 is 0 Å². The molecule has 0 unspecified atom stereocenters. The summed E-state index contributed by atoms with van der Waals surface area (Å²) in [5.74, 6) is 0. The molecule has 0 aliphatic heterocycles. The van der Waals surface area contributed by atoms with E-state index < -0.39 is 0 Å². The first-order chi connectivity index (χ1) is 8.63. The van der Waals surface area contributed by atoms with Gasteiger partial charge in [-0.2, -0.15) is 0 Å². The molecule has 2 aromatic rings. The lowest BCUT2D eigenvalue weighted by molar-refractivity contribution is 1.24. The van der Waals surface area contributed by atoms with Crippen molar-refractivity contribution in [3.05, 3.63) is 39.2 Å².